The van der Waals surface area contributed by atoms with Crippen molar-refractivity contribution < 1.29 is 13.2 Å². The van der Waals surface area contributed by atoms with Gasteiger partial charge in [0.05, 0.1) is 28.2 Å². The molecular weight excluding hydrogens is 372 g/mol. The number of nitrogens with zero attached hydrogens (tertiary/aromatic N) is 3. The summed E-state index contributed by atoms with van der Waals surface area (Å²) in [7, 11) is -3.61. The molecule has 2 aliphatic heterocycles. The molecule has 2 fully saturated rings. The predicted molar refractivity (Wildman–Crippen MR) is 102 cm³/mol. The van der Waals surface area contributed by atoms with E-state index in [0.29, 0.717) is 18.1 Å². The van der Waals surface area contributed by atoms with Gasteiger partial charge >= 0.3 is 0 Å². The smallest absolute Gasteiger partial charge is 0.280 e. The lowest BCUT2D eigenvalue weighted by molar-refractivity contribution is -0.120. The van der Waals surface area contributed by atoms with Crippen molar-refractivity contribution in [1.82, 2.24) is 14.0 Å². The van der Waals surface area contributed by atoms with E-state index >= 15 is 0 Å². The van der Waals surface area contributed by atoms with Crippen LogP contribution in [0.5, 0.6) is 0 Å². The third-order valence-electron chi connectivity index (χ3n) is 5.02. The van der Waals surface area contributed by atoms with Crippen LogP contribution in [0.2, 0.25) is 0 Å². The minimum Gasteiger partial charge on any atom is -0.283 e. The van der Waals surface area contributed by atoms with Crippen molar-refractivity contribution in [3.8, 4) is 0 Å². The van der Waals surface area contributed by atoms with Crippen LogP contribution in [0.1, 0.15) is 27.2 Å². The Balaban J connectivity index is 1.69. The maximum absolute atomic E-state index is 12.9. The highest BCUT2D eigenvalue weighted by molar-refractivity contribution is 7.87. The quantitative estimate of drug-likeness (QED) is 0.859. The van der Waals surface area contributed by atoms with Crippen LogP contribution in [0.15, 0.2) is 24.3 Å². The molecule has 0 aliphatic carbocycles. The van der Waals surface area contributed by atoms with E-state index in [0.717, 1.165) is 10.2 Å². The van der Waals surface area contributed by atoms with Gasteiger partial charge in [-0.2, -0.15) is 17.4 Å². The zero-order valence-electron chi connectivity index (χ0n) is 14.9. The van der Waals surface area contributed by atoms with Gasteiger partial charge in [0.2, 0.25) is 5.91 Å². The lowest BCUT2D eigenvalue weighted by atomic mass is 10.0. The predicted octanol–water partition coefficient (Wildman–Crippen LogP) is 1.96. The highest BCUT2D eigenvalue weighted by atomic mass is 32.2. The maximum atomic E-state index is 12.9. The number of nitrogens with one attached hydrogen (secondary N) is 1. The summed E-state index contributed by atoms with van der Waals surface area (Å²) in [4.78, 5) is 19.3. The monoisotopic (exact) mass is 394 g/mol. The molecule has 0 bridgehead atoms. The molecule has 4 rings (SSSR count). The van der Waals surface area contributed by atoms with Gasteiger partial charge in [-0.3, -0.25) is 9.69 Å². The third kappa shape index (κ3) is 2.74. The van der Waals surface area contributed by atoms with Crippen LogP contribution in [0.25, 0.3) is 10.2 Å². The van der Waals surface area contributed by atoms with Gasteiger partial charge in [-0.05, 0) is 32.4 Å². The Kier molecular flexibility index (Phi) is 4.30. The number of carbonyl (C=O) groups is 1. The normalized spacial score (nSPS) is 27.0. The first-order valence-corrected chi connectivity index (χ1v) is 11.0. The Hall–Kier alpha value is -1.55. The SMILES string of the molecule is CC(C)NS(=O)(=O)N1CC[C@H]2[C@H]1[C@H](C)C(=O)N2c1nc2ccccc2s1. The summed E-state index contributed by atoms with van der Waals surface area (Å²) in [5, 5.41) is 0.659. The number of anilines is 1. The van der Waals surface area contributed by atoms with Crippen LogP contribution in [-0.4, -0.2) is 48.3 Å². The number of thiazole rings is 1. The molecule has 7 nitrogen and oxygen atoms in total. The van der Waals surface area contributed by atoms with Crippen molar-refractivity contribution >= 4 is 42.8 Å². The lowest BCUT2D eigenvalue weighted by Crippen LogP contribution is -2.48. The molecule has 1 aromatic carbocycles. The average molecular weight is 395 g/mol. The molecule has 2 saturated heterocycles. The van der Waals surface area contributed by atoms with Gasteiger partial charge in [0.25, 0.3) is 10.2 Å². The second-order valence-electron chi connectivity index (χ2n) is 7.20. The van der Waals surface area contributed by atoms with Crippen molar-refractivity contribution in [3.05, 3.63) is 24.3 Å². The Morgan fingerprint density at radius 1 is 1.31 bits per heavy atom. The fourth-order valence-electron chi connectivity index (χ4n) is 4.01. The molecule has 140 valence electrons. The molecule has 0 radical (unpaired) electrons. The zero-order chi connectivity index (χ0) is 18.6. The fraction of sp³-hybridized carbons (Fsp3) is 0.529. The van der Waals surface area contributed by atoms with E-state index < -0.39 is 16.1 Å². The number of fused-ring (bicyclic) bond motifs is 2. The van der Waals surface area contributed by atoms with Gasteiger partial charge in [-0.15, -0.1) is 0 Å². The minimum atomic E-state index is -3.61. The van der Waals surface area contributed by atoms with Gasteiger partial charge in [-0.1, -0.05) is 30.4 Å². The van der Waals surface area contributed by atoms with Gasteiger partial charge in [0.1, 0.15) is 0 Å². The summed E-state index contributed by atoms with van der Waals surface area (Å²) < 4.78 is 30.5. The van der Waals surface area contributed by atoms with Crippen molar-refractivity contribution in [2.45, 2.75) is 45.3 Å². The van der Waals surface area contributed by atoms with E-state index in [1.807, 2.05) is 31.2 Å². The maximum Gasteiger partial charge on any atom is 0.280 e. The summed E-state index contributed by atoms with van der Waals surface area (Å²) in [6.07, 6.45) is 0.621. The van der Waals surface area contributed by atoms with E-state index in [-0.39, 0.29) is 24.0 Å². The number of aromatic nitrogens is 1. The molecule has 2 aliphatic rings. The molecule has 0 unspecified atom stereocenters. The highest BCUT2D eigenvalue weighted by Gasteiger charge is 2.56. The van der Waals surface area contributed by atoms with Crippen molar-refractivity contribution in [2.24, 2.45) is 5.92 Å². The number of rotatable bonds is 4. The summed E-state index contributed by atoms with van der Waals surface area (Å²) in [5.74, 6) is -0.443. The Morgan fingerprint density at radius 2 is 2.04 bits per heavy atom. The summed E-state index contributed by atoms with van der Waals surface area (Å²) >= 11 is 1.48. The van der Waals surface area contributed by atoms with Crippen LogP contribution in [0.4, 0.5) is 5.13 Å². The molecule has 0 saturated carbocycles. The highest BCUT2D eigenvalue weighted by Crippen LogP contribution is 2.42. The summed E-state index contributed by atoms with van der Waals surface area (Å²) in [6, 6.07) is 7.07. The van der Waals surface area contributed by atoms with E-state index in [9.17, 15) is 13.2 Å². The molecule has 9 heteroatoms. The first kappa shape index (κ1) is 17.8. The Labute approximate surface area is 157 Å². The molecule has 2 aromatic rings. The number of hydrogen-bond acceptors (Lipinski definition) is 5. The van der Waals surface area contributed by atoms with Crippen LogP contribution in [0, 0.1) is 5.92 Å². The number of hydrogen-bond donors (Lipinski definition) is 1. The van der Waals surface area contributed by atoms with E-state index in [1.54, 1.807) is 18.7 Å². The number of carbonyl (C=O) groups excluding carboxylic acids is 1. The lowest BCUT2D eigenvalue weighted by Gasteiger charge is -2.26. The van der Waals surface area contributed by atoms with Gasteiger partial charge in [0, 0.05) is 12.6 Å². The van der Waals surface area contributed by atoms with Crippen LogP contribution < -0.4 is 9.62 Å². The summed E-state index contributed by atoms with van der Waals surface area (Å²) in [5.41, 5.74) is 0.861. The fourth-order valence-corrected chi connectivity index (χ4v) is 6.76. The van der Waals surface area contributed by atoms with Crippen LogP contribution in [-0.2, 0) is 15.0 Å². The first-order chi connectivity index (χ1) is 12.3. The van der Waals surface area contributed by atoms with E-state index in [2.05, 4.69) is 9.71 Å². The number of benzene rings is 1. The molecular formula is C17H22N4O3S2. The molecule has 3 heterocycles. The second-order valence-corrected chi connectivity index (χ2v) is 9.86. The van der Waals surface area contributed by atoms with Gasteiger partial charge in [-0.25, -0.2) is 4.98 Å². The zero-order valence-corrected chi connectivity index (χ0v) is 16.5. The van der Waals surface area contributed by atoms with E-state index in [1.165, 1.54) is 15.6 Å². The van der Waals surface area contributed by atoms with Crippen molar-refractivity contribution in [2.75, 3.05) is 11.4 Å². The Morgan fingerprint density at radius 3 is 2.73 bits per heavy atom. The second kappa shape index (κ2) is 6.26. The standard InChI is InChI=1S/C17H22N4O3S2/c1-10(2)19-26(23,24)20-9-8-13-15(20)11(3)16(22)21(13)17-18-12-6-4-5-7-14(12)25-17/h4-7,10-11,13,15,19H,8-9H2,1-3H3/t11-,13-,15+/m0/s1. The number of amides is 1. The molecule has 1 N–H and O–H groups in total. The van der Waals surface area contributed by atoms with Gasteiger partial charge in [0.15, 0.2) is 5.13 Å². The topological polar surface area (TPSA) is 82.6 Å². The summed E-state index contributed by atoms with van der Waals surface area (Å²) in [6.45, 7) is 5.82. The average Bonchev–Trinajstić information content (AvgIpc) is 3.22. The minimum absolute atomic E-state index is 0.0523. The van der Waals surface area contributed by atoms with E-state index in [4.69, 9.17) is 0 Å². The molecule has 0 spiro atoms. The van der Waals surface area contributed by atoms with Crippen LogP contribution >= 0.6 is 11.3 Å². The first-order valence-electron chi connectivity index (χ1n) is 8.77. The largest absolute Gasteiger partial charge is 0.283 e. The van der Waals surface area contributed by atoms with Crippen molar-refractivity contribution in [1.29, 1.82) is 0 Å². The Bertz CT molecular complexity index is 923. The van der Waals surface area contributed by atoms with Crippen molar-refractivity contribution in [3.63, 3.8) is 0 Å². The molecule has 26 heavy (non-hydrogen) atoms. The molecule has 1 amide bonds. The third-order valence-corrected chi connectivity index (χ3v) is 7.87. The number of para-hydroxylation sites is 1. The van der Waals surface area contributed by atoms with Gasteiger partial charge < -0.3 is 0 Å². The molecule has 1 aromatic heterocycles. The van der Waals surface area contributed by atoms with Crippen LogP contribution in [0.3, 0.4) is 0 Å². The molecule has 3 atom stereocenters.